The van der Waals surface area contributed by atoms with Gasteiger partial charge in [0.1, 0.15) is 0 Å². The van der Waals surface area contributed by atoms with Crippen LogP contribution in [0.15, 0.2) is 12.7 Å². The number of carbonyl (C=O) groups is 2. The fourth-order valence-electron chi connectivity index (χ4n) is 0.214. The van der Waals surface area contributed by atoms with Crippen LogP contribution in [0.3, 0.4) is 0 Å². The highest BCUT2D eigenvalue weighted by Crippen LogP contribution is 1.78. The Morgan fingerprint density at radius 3 is 2.25 bits per heavy atom. The zero-order valence-electron chi connectivity index (χ0n) is 4.22. The van der Waals surface area contributed by atoms with Crippen molar-refractivity contribution in [2.24, 2.45) is 0 Å². The number of allylic oxidation sites excluding steroid dienone is 1. The molecule has 44 valence electrons. The minimum Gasteiger partial charge on any atom is -0.550 e. The summed E-state index contributed by atoms with van der Waals surface area (Å²) in [6.45, 7) is 3.07. The lowest BCUT2D eigenvalue weighted by Gasteiger charge is -1.93. The first kappa shape index (κ1) is 6.88. The number of carbonyl (C=O) groups excluding carboxylic acids is 2. The molecule has 0 spiro atoms. The van der Waals surface area contributed by atoms with E-state index < -0.39 is 18.2 Å². The van der Waals surface area contributed by atoms with Crippen molar-refractivity contribution < 1.29 is 14.7 Å². The van der Waals surface area contributed by atoms with E-state index in [4.69, 9.17) is 0 Å². The monoisotopic (exact) mass is 113 g/mol. The van der Waals surface area contributed by atoms with E-state index in [-0.39, 0.29) is 0 Å². The molecule has 0 saturated carbocycles. The van der Waals surface area contributed by atoms with Crippen LogP contribution in [0.5, 0.6) is 0 Å². The van der Waals surface area contributed by atoms with E-state index in [9.17, 15) is 14.7 Å². The van der Waals surface area contributed by atoms with Gasteiger partial charge in [0.05, 0.1) is 6.42 Å². The summed E-state index contributed by atoms with van der Waals surface area (Å²) in [7, 11) is 0. The molecule has 0 aromatic heterocycles. The molecule has 0 bridgehead atoms. The molecule has 0 saturated heterocycles. The quantitative estimate of drug-likeness (QED) is 0.344. The molecular formula is C5H5O3-. The molecule has 0 heterocycles. The van der Waals surface area contributed by atoms with Crippen LogP contribution in [-0.2, 0) is 9.59 Å². The second-order valence-corrected chi connectivity index (χ2v) is 1.22. The summed E-state index contributed by atoms with van der Waals surface area (Å²) in [4.78, 5) is 19.7. The predicted molar refractivity (Wildman–Crippen MR) is 24.8 cm³/mol. The molecule has 3 nitrogen and oxygen atoms in total. The molecule has 8 heavy (non-hydrogen) atoms. The number of hydrogen-bond acceptors (Lipinski definition) is 3. The summed E-state index contributed by atoms with van der Waals surface area (Å²) >= 11 is 0. The lowest BCUT2D eigenvalue weighted by Crippen LogP contribution is -2.24. The van der Waals surface area contributed by atoms with E-state index in [1.165, 1.54) is 0 Å². The van der Waals surface area contributed by atoms with Gasteiger partial charge in [-0.1, -0.05) is 6.58 Å². The molecule has 0 amide bonds. The van der Waals surface area contributed by atoms with Gasteiger partial charge in [0.25, 0.3) is 0 Å². The molecule has 0 atom stereocenters. The van der Waals surface area contributed by atoms with E-state index in [0.717, 1.165) is 6.08 Å². The van der Waals surface area contributed by atoms with Crippen LogP contribution in [0.1, 0.15) is 6.42 Å². The van der Waals surface area contributed by atoms with Gasteiger partial charge in [0, 0.05) is 5.97 Å². The van der Waals surface area contributed by atoms with Crippen molar-refractivity contribution in [3.8, 4) is 0 Å². The Balaban J connectivity index is 3.55. The van der Waals surface area contributed by atoms with Crippen molar-refractivity contribution in [3.63, 3.8) is 0 Å². The standard InChI is InChI=1S/C5H6O3/c1-2-4(6)3-5(7)8/h2H,1,3H2,(H,7,8)/p-1. The molecule has 0 fully saturated rings. The minimum absolute atomic E-state index is 0.523. The number of rotatable bonds is 3. The van der Waals surface area contributed by atoms with Crippen molar-refractivity contribution in [2.75, 3.05) is 0 Å². The highest BCUT2D eigenvalue weighted by atomic mass is 16.4. The average molecular weight is 113 g/mol. The third kappa shape index (κ3) is 3.08. The summed E-state index contributed by atoms with van der Waals surface area (Å²) in [5.74, 6) is -1.89. The van der Waals surface area contributed by atoms with E-state index in [0.29, 0.717) is 0 Å². The Hall–Kier alpha value is -1.12. The maximum Gasteiger partial charge on any atom is 0.160 e. The summed E-state index contributed by atoms with van der Waals surface area (Å²) in [5, 5.41) is 9.59. The zero-order valence-corrected chi connectivity index (χ0v) is 4.22. The van der Waals surface area contributed by atoms with Gasteiger partial charge < -0.3 is 9.90 Å². The maximum atomic E-state index is 10.1. The Kier molecular flexibility index (Phi) is 2.54. The molecule has 0 rings (SSSR count). The molecule has 0 N–H and O–H groups in total. The first-order valence-electron chi connectivity index (χ1n) is 2.02. The molecule has 0 aromatic carbocycles. The van der Waals surface area contributed by atoms with E-state index in [2.05, 4.69) is 6.58 Å². The number of carboxylic acids is 1. The van der Waals surface area contributed by atoms with Gasteiger partial charge in [-0.25, -0.2) is 0 Å². The molecule has 0 radical (unpaired) electrons. The fourth-order valence-corrected chi connectivity index (χ4v) is 0.214. The van der Waals surface area contributed by atoms with Gasteiger partial charge in [-0.2, -0.15) is 0 Å². The third-order valence-corrected chi connectivity index (χ3v) is 0.546. The van der Waals surface area contributed by atoms with Gasteiger partial charge in [0.2, 0.25) is 0 Å². The normalized spacial score (nSPS) is 8.00. The molecule has 0 aliphatic carbocycles. The first-order chi connectivity index (χ1) is 3.66. The minimum atomic E-state index is -1.37. The summed E-state index contributed by atoms with van der Waals surface area (Å²) in [6, 6.07) is 0. The second-order valence-electron chi connectivity index (χ2n) is 1.22. The smallest absolute Gasteiger partial charge is 0.160 e. The Morgan fingerprint density at radius 1 is 1.62 bits per heavy atom. The molecule has 3 heteroatoms. The maximum absolute atomic E-state index is 10.1. The number of carboxylic acid groups (broad SMARTS) is 1. The Labute approximate surface area is 46.6 Å². The fraction of sp³-hybridized carbons (Fsp3) is 0.200. The second kappa shape index (κ2) is 2.96. The zero-order chi connectivity index (χ0) is 6.57. The van der Waals surface area contributed by atoms with Crippen LogP contribution >= 0.6 is 0 Å². The predicted octanol–water partition coefficient (Wildman–Crippen LogP) is -1.12. The van der Waals surface area contributed by atoms with Crippen LogP contribution < -0.4 is 5.11 Å². The van der Waals surface area contributed by atoms with E-state index in [1.54, 1.807) is 0 Å². The van der Waals surface area contributed by atoms with Gasteiger partial charge in [0.15, 0.2) is 5.78 Å². The Bertz CT molecular complexity index is 126. The summed E-state index contributed by atoms with van der Waals surface area (Å²) in [6.07, 6.45) is 0.388. The van der Waals surface area contributed by atoms with Gasteiger partial charge in [-0.15, -0.1) is 0 Å². The Morgan fingerprint density at radius 2 is 2.12 bits per heavy atom. The van der Waals surface area contributed by atoms with Crippen molar-refractivity contribution in [1.82, 2.24) is 0 Å². The molecule has 0 aromatic rings. The highest BCUT2D eigenvalue weighted by molar-refractivity contribution is 6.00. The summed E-state index contributed by atoms with van der Waals surface area (Å²) in [5.41, 5.74) is 0. The highest BCUT2D eigenvalue weighted by Gasteiger charge is 1.92. The van der Waals surface area contributed by atoms with Crippen LogP contribution in [0, 0.1) is 0 Å². The molecule has 0 aliphatic rings. The number of hydrogen-bond donors (Lipinski definition) is 0. The van der Waals surface area contributed by atoms with Crippen molar-refractivity contribution in [3.05, 3.63) is 12.7 Å². The van der Waals surface area contributed by atoms with Crippen LogP contribution in [0.2, 0.25) is 0 Å². The molecule has 0 unspecified atom stereocenters. The van der Waals surface area contributed by atoms with Crippen molar-refractivity contribution in [2.45, 2.75) is 6.42 Å². The van der Waals surface area contributed by atoms with Crippen molar-refractivity contribution >= 4 is 11.8 Å². The topological polar surface area (TPSA) is 57.2 Å². The summed E-state index contributed by atoms with van der Waals surface area (Å²) < 4.78 is 0. The van der Waals surface area contributed by atoms with Gasteiger partial charge >= 0.3 is 0 Å². The SMILES string of the molecule is C=CC(=O)CC(=O)[O-]. The molecule has 0 aliphatic heterocycles. The lowest BCUT2D eigenvalue weighted by atomic mass is 10.3. The van der Waals surface area contributed by atoms with E-state index >= 15 is 0 Å². The largest absolute Gasteiger partial charge is 0.550 e. The van der Waals surface area contributed by atoms with Crippen LogP contribution in [0.4, 0.5) is 0 Å². The first-order valence-corrected chi connectivity index (χ1v) is 2.02. The lowest BCUT2D eigenvalue weighted by molar-refractivity contribution is -0.304. The van der Waals surface area contributed by atoms with Crippen LogP contribution in [0.25, 0.3) is 0 Å². The van der Waals surface area contributed by atoms with E-state index in [1.807, 2.05) is 0 Å². The number of aliphatic carboxylic acids is 1. The van der Waals surface area contributed by atoms with Gasteiger partial charge in [-0.05, 0) is 6.08 Å². The average Bonchev–Trinajstić information content (AvgIpc) is 1.65. The van der Waals surface area contributed by atoms with Gasteiger partial charge in [-0.3, -0.25) is 4.79 Å². The molecular weight excluding hydrogens is 108 g/mol. The number of ketones is 1. The third-order valence-electron chi connectivity index (χ3n) is 0.546. The van der Waals surface area contributed by atoms with Crippen molar-refractivity contribution in [1.29, 1.82) is 0 Å². The van der Waals surface area contributed by atoms with Crippen LogP contribution in [-0.4, -0.2) is 11.8 Å².